The molecule has 2 heterocycles. The number of nitrogens with one attached hydrogen (secondary N) is 1. The molecule has 2 amide bonds. The Morgan fingerprint density at radius 2 is 2.15 bits per heavy atom. The first-order valence-electron chi connectivity index (χ1n) is 7.88. The first-order valence-corrected chi connectivity index (χ1v) is 9.28. The normalized spacial score (nSPS) is 14.3. The van der Waals surface area contributed by atoms with Gasteiger partial charge in [0, 0.05) is 37.5 Å². The molecule has 2 rings (SSSR count). The fourth-order valence-electron chi connectivity index (χ4n) is 2.32. The van der Waals surface area contributed by atoms with Gasteiger partial charge in [-0.05, 0) is 19.9 Å². The summed E-state index contributed by atoms with van der Waals surface area (Å²) in [6.07, 6.45) is 2.89. The van der Waals surface area contributed by atoms with Gasteiger partial charge in [0.05, 0.1) is 11.4 Å². The average molecular weight is 396 g/mol. The Morgan fingerprint density at radius 1 is 1.42 bits per heavy atom. The Bertz CT molecular complexity index is 757. The standard InChI is InChI=1S/C16H20N4O4S2/c1-10-12(11(2)19(3)18-10)4-5-15(23)24-8-13(21)17-6-7-20-14(22)9-26-16(20)25/h4-5H,6-9H2,1-3H3,(H,17,21)/b5-4+. The molecule has 1 fully saturated rings. The summed E-state index contributed by atoms with van der Waals surface area (Å²) >= 11 is 6.35. The molecule has 140 valence electrons. The lowest BCUT2D eigenvalue weighted by Crippen LogP contribution is -2.38. The summed E-state index contributed by atoms with van der Waals surface area (Å²) in [6, 6.07) is 0. The van der Waals surface area contributed by atoms with E-state index in [0.29, 0.717) is 16.6 Å². The predicted molar refractivity (Wildman–Crippen MR) is 102 cm³/mol. The molecule has 1 aliphatic rings. The number of ether oxygens (including phenoxy) is 1. The molecule has 1 N–H and O–H groups in total. The lowest BCUT2D eigenvalue weighted by molar-refractivity contribution is -0.143. The van der Waals surface area contributed by atoms with E-state index in [-0.39, 0.29) is 19.1 Å². The number of thioether (sulfide) groups is 1. The third kappa shape index (κ3) is 5.15. The Labute approximate surface area is 160 Å². The summed E-state index contributed by atoms with van der Waals surface area (Å²) in [7, 11) is 1.82. The van der Waals surface area contributed by atoms with E-state index in [1.807, 2.05) is 20.9 Å². The summed E-state index contributed by atoms with van der Waals surface area (Å²) in [5.74, 6) is -0.778. The molecule has 1 aromatic heterocycles. The highest BCUT2D eigenvalue weighted by Crippen LogP contribution is 2.18. The third-order valence-corrected chi connectivity index (χ3v) is 5.23. The molecule has 8 nitrogen and oxygen atoms in total. The molecule has 1 aliphatic heterocycles. The molecular formula is C16H20N4O4S2. The van der Waals surface area contributed by atoms with Crippen LogP contribution < -0.4 is 5.32 Å². The van der Waals surface area contributed by atoms with Crippen molar-refractivity contribution in [3.8, 4) is 0 Å². The van der Waals surface area contributed by atoms with E-state index in [4.69, 9.17) is 17.0 Å². The van der Waals surface area contributed by atoms with Crippen molar-refractivity contribution < 1.29 is 19.1 Å². The van der Waals surface area contributed by atoms with Gasteiger partial charge < -0.3 is 10.1 Å². The second-order valence-electron chi connectivity index (χ2n) is 5.60. The minimum absolute atomic E-state index is 0.0631. The van der Waals surface area contributed by atoms with Crippen LogP contribution in [-0.4, -0.2) is 62.2 Å². The molecule has 0 aromatic carbocycles. The Kier molecular flexibility index (Phi) is 6.92. The van der Waals surface area contributed by atoms with Gasteiger partial charge in [0.2, 0.25) is 5.91 Å². The van der Waals surface area contributed by atoms with Gasteiger partial charge in [-0.25, -0.2) is 4.79 Å². The number of rotatable bonds is 7. The third-order valence-electron chi connectivity index (χ3n) is 3.79. The molecule has 0 spiro atoms. The van der Waals surface area contributed by atoms with E-state index in [1.165, 1.54) is 22.7 Å². The van der Waals surface area contributed by atoms with Crippen LogP contribution in [0.3, 0.4) is 0 Å². The van der Waals surface area contributed by atoms with Gasteiger partial charge in [-0.3, -0.25) is 19.2 Å². The van der Waals surface area contributed by atoms with E-state index in [0.717, 1.165) is 17.0 Å². The minimum atomic E-state index is -0.616. The van der Waals surface area contributed by atoms with Crippen LogP contribution in [0, 0.1) is 13.8 Å². The van der Waals surface area contributed by atoms with E-state index in [9.17, 15) is 14.4 Å². The number of nitrogens with zero attached hydrogens (tertiary/aromatic N) is 3. The van der Waals surface area contributed by atoms with Crippen molar-refractivity contribution >= 4 is 52.2 Å². The average Bonchev–Trinajstić information content (AvgIpc) is 3.03. The monoisotopic (exact) mass is 396 g/mol. The van der Waals surface area contributed by atoms with Gasteiger partial charge in [0.25, 0.3) is 5.91 Å². The molecule has 0 radical (unpaired) electrons. The predicted octanol–water partition coefficient (Wildman–Crippen LogP) is 0.570. The van der Waals surface area contributed by atoms with Gasteiger partial charge >= 0.3 is 5.97 Å². The van der Waals surface area contributed by atoms with Gasteiger partial charge in [0.1, 0.15) is 4.32 Å². The molecule has 10 heteroatoms. The summed E-state index contributed by atoms with van der Waals surface area (Å²) < 4.78 is 7.14. The topological polar surface area (TPSA) is 93.5 Å². The Balaban J connectivity index is 1.71. The van der Waals surface area contributed by atoms with Crippen LogP contribution in [-0.2, 0) is 26.2 Å². The van der Waals surface area contributed by atoms with Crippen molar-refractivity contribution in [2.24, 2.45) is 7.05 Å². The van der Waals surface area contributed by atoms with Crippen LogP contribution in [0.1, 0.15) is 17.0 Å². The van der Waals surface area contributed by atoms with Crippen molar-refractivity contribution in [1.29, 1.82) is 0 Å². The van der Waals surface area contributed by atoms with E-state index >= 15 is 0 Å². The fourth-order valence-corrected chi connectivity index (χ4v) is 3.44. The molecular weight excluding hydrogens is 376 g/mol. The summed E-state index contributed by atoms with van der Waals surface area (Å²) in [6.45, 7) is 3.91. The lowest BCUT2D eigenvalue weighted by Gasteiger charge is -2.14. The van der Waals surface area contributed by atoms with Gasteiger partial charge in [-0.1, -0.05) is 24.0 Å². The zero-order chi connectivity index (χ0) is 19.3. The number of esters is 1. The van der Waals surface area contributed by atoms with Crippen LogP contribution in [0.4, 0.5) is 0 Å². The van der Waals surface area contributed by atoms with Crippen molar-refractivity contribution in [3.63, 3.8) is 0 Å². The highest BCUT2D eigenvalue weighted by Gasteiger charge is 2.25. The number of aryl methyl sites for hydroxylation is 2. The smallest absolute Gasteiger partial charge is 0.331 e. The number of hydrogen-bond donors (Lipinski definition) is 1. The van der Waals surface area contributed by atoms with Gasteiger partial charge in [-0.15, -0.1) is 0 Å². The molecule has 0 atom stereocenters. The van der Waals surface area contributed by atoms with Crippen molar-refractivity contribution in [1.82, 2.24) is 20.0 Å². The SMILES string of the molecule is Cc1nn(C)c(C)c1/C=C/C(=O)OCC(=O)NCCN1C(=O)CSC1=S. The number of carbonyl (C=O) groups excluding carboxylic acids is 3. The highest BCUT2D eigenvalue weighted by molar-refractivity contribution is 8.23. The van der Waals surface area contributed by atoms with Crippen LogP contribution in [0.5, 0.6) is 0 Å². The number of carbonyl (C=O) groups is 3. The quantitative estimate of drug-likeness (QED) is 0.409. The Morgan fingerprint density at radius 3 is 2.73 bits per heavy atom. The zero-order valence-corrected chi connectivity index (χ0v) is 16.4. The van der Waals surface area contributed by atoms with Crippen LogP contribution in [0.25, 0.3) is 6.08 Å². The number of hydrogen-bond acceptors (Lipinski definition) is 7. The maximum Gasteiger partial charge on any atom is 0.331 e. The van der Waals surface area contributed by atoms with Crippen LogP contribution in [0.2, 0.25) is 0 Å². The van der Waals surface area contributed by atoms with Crippen molar-refractivity contribution in [3.05, 3.63) is 23.0 Å². The maximum atomic E-state index is 11.7. The molecule has 0 aliphatic carbocycles. The largest absolute Gasteiger partial charge is 0.452 e. The minimum Gasteiger partial charge on any atom is -0.452 e. The summed E-state index contributed by atoms with van der Waals surface area (Å²) in [5, 5.41) is 6.84. The summed E-state index contributed by atoms with van der Waals surface area (Å²) in [5.41, 5.74) is 2.58. The van der Waals surface area contributed by atoms with E-state index in [2.05, 4.69) is 10.4 Å². The first kappa shape index (κ1) is 20.1. The molecule has 1 saturated heterocycles. The number of thiocarbonyl (C=S) groups is 1. The fraction of sp³-hybridized carbons (Fsp3) is 0.438. The first-order chi connectivity index (χ1) is 12.3. The lowest BCUT2D eigenvalue weighted by atomic mass is 10.2. The van der Waals surface area contributed by atoms with Crippen molar-refractivity contribution in [2.45, 2.75) is 13.8 Å². The zero-order valence-electron chi connectivity index (χ0n) is 14.8. The summed E-state index contributed by atoms with van der Waals surface area (Å²) in [4.78, 5) is 36.4. The molecule has 0 unspecified atom stereocenters. The molecule has 0 bridgehead atoms. The van der Waals surface area contributed by atoms with Crippen molar-refractivity contribution in [2.75, 3.05) is 25.4 Å². The second kappa shape index (κ2) is 8.95. The Hall–Kier alpha value is -2.20. The van der Waals surface area contributed by atoms with Gasteiger partial charge in [-0.2, -0.15) is 5.10 Å². The molecule has 1 aromatic rings. The van der Waals surface area contributed by atoms with Gasteiger partial charge in [0.15, 0.2) is 6.61 Å². The van der Waals surface area contributed by atoms with E-state index < -0.39 is 11.9 Å². The molecule has 0 saturated carbocycles. The van der Waals surface area contributed by atoms with E-state index in [1.54, 1.807) is 10.8 Å². The highest BCUT2D eigenvalue weighted by atomic mass is 32.2. The number of aromatic nitrogens is 2. The second-order valence-corrected chi connectivity index (χ2v) is 7.21. The van der Waals surface area contributed by atoms with Crippen LogP contribution >= 0.6 is 24.0 Å². The number of amides is 2. The van der Waals surface area contributed by atoms with Crippen LogP contribution in [0.15, 0.2) is 6.08 Å². The molecule has 26 heavy (non-hydrogen) atoms. The maximum absolute atomic E-state index is 11.7.